The van der Waals surface area contributed by atoms with E-state index >= 15 is 0 Å². The summed E-state index contributed by atoms with van der Waals surface area (Å²) in [6.07, 6.45) is 5.13. The lowest BCUT2D eigenvalue weighted by Gasteiger charge is -2.05. The number of carbonyl (C=O) groups is 1. The van der Waals surface area contributed by atoms with E-state index in [1.807, 2.05) is 25.4 Å². The number of halogens is 1. The van der Waals surface area contributed by atoms with Crippen LogP contribution in [0.4, 0.5) is 0 Å². The molecule has 88 valence electrons. The molecule has 4 nitrogen and oxygen atoms in total. The molecule has 0 fully saturated rings. The highest BCUT2D eigenvalue weighted by Gasteiger charge is 2.10. The number of rotatable bonds is 3. The van der Waals surface area contributed by atoms with Crippen LogP contribution >= 0.6 is 11.6 Å². The number of aryl methyl sites for hydroxylation is 1. The Bertz CT molecular complexity index is 523. The van der Waals surface area contributed by atoms with Crippen LogP contribution in [-0.2, 0) is 6.54 Å². The van der Waals surface area contributed by atoms with Gasteiger partial charge in [-0.25, -0.2) is 0 Å². The van der Waals surface area contributed by atoms with Crippen LogP contribution in [0.25, 0.3) is 0 Å². The van der Waals surface area contributed by atoms with Crippen LogP contribution in [0, 0.1) is 6.92 Å². The first-order chi connectivity index (χ1) is 8.16. The number of amides is 1. The Labute approximate surface area is 104 Å². The Morgan fingerprint density at radius 1 is 1.59 bits per heavy atom. The third-order valence-electron chi connectivity index (χ3n) is 2.35. The van der Waals surface area contributed by atoms with Crippen molar-refractivity contribution in [1.82, 2.24) is 15.3 Å². The lowest BCUT2D eigenvalue weighted by atomic mass is 10.2. The summed E-state index contributed by atoms with van der Waals surface area (Å²) in [5.41, 5.74) is 2.19. The highest BCUT2D eigenvalue weighted by molar-refractivity contribution is 6.33. The van der Waals surface area contributed by atoms with E-state index in [4.69, 9.17) is 11.6 Å². The van der Waals surface area contributed by atoms with Gasteiger partial charge in [0.05, 0.1) is 10.6 Å². The van der Waals surface area contributed by atoms with Crippen molar-refractivity contribution in [2.24, 2.45) is 0 Å². The predicted molar refractivity (Wildman–Crippen MR) is 65.9 cm³/mol. The molecule has 2 aromatic heterocycles. The zero-order valence-electron chi connectivity index (χ0n) is 9.33. The lowest BCUT2D eigenvalue weighted by molar-refractivity contribution is 0.0950. The molecule has 0 radical (unpaired) electrons. The fraction of sp³-hybridized carbons (Fsp3) is 0.167. The Hall–Kier alpha value is -1.81. The van der Waals surface area contributed by atoms with Crippen molar-refractivity contribution in [2.75, 3.05) is 0 Å². The molecule has 0 aliphatic heterocycles. The first-order valence-corrected chi connectivity index (χ1v) is 5.56. The number of nitrogens with zero attached hydrogens (tertiary/aromatic N) is 1. The Morgan fingerprint density at radius 3 is 3.06 bits per heavy atom. The number of hydrogen-bond acceptors (Lipinski definition) is 2. The summed E-state index contributed by atoms with van der Waals surface area (Å²) < 4.78 is 0. The monoisotopic (exact) mass is 249 g/mol. The molecule has 2 N–H and O–H groups in total. The smallest absolute Gasteiger partial charge is 0.254 e. The fourth-order valence-corrected chi connectivity index (χ4v) is 1.73. The Morgan fingerprint density at radius 2 is 2.41 bits per heavy atom. The molecule has 0 aliphatic rings. The van der Waals surface area contributed by atoms with Crippen molar-refractivity contribution < 1.29 is 4.79 Å². The van der Waals surface area contributed by atoms with Gasteiger partial charge in [-0.05, 0) is 24.6 Å². The van der Waals surface area contributed by atoms with Crippen LogP contribution in [-0.4, -0.2) is 15.9 Å². The number of carbonyl (C=O) groups excluding carboxylic acids is 1. The number of aromatic nitrogens is 2. The number of nitrogens with one attached hydrogen (secondary N) is 2. The van der Waals surface area contributed by atoms with Gasteiger partial charge in [0.15, 0.2) is 0 Å². The topological polar surface area (TPSA) is 57.8 Å². The molecule has 0 spiro atoms. The molecule has 0 saturated heterocycles. The van der Waals surface area contributed by atoms with Gasteiger partial charge in [0.1, 0.15) is 0 Å². The number of hydrogen-bond donors (Lipinski definition) is 2. The minimum atomic E-state index is -0.219. The third kappa shape index (κ3) is 2.85. The van der Waals surface area contributed by atoms with E-state index in [0.29, 0.717) is 17.1 Å². The van der Waals surface area contributed by atoms with Crippen LogP contribution in [0.15, 0.2) is 30.7 Å². The molecule has 0 unspecified atom stereocenters. The van der Waals surface area contributed by atoms with Gasteiger partial charge in [0, 0.05) is 30.8 Å². The van der Waals surface area contributed by atoms with Crippen molar-refractivity contribution in [1.29, 1.82) is 0 Å². The summed E-state index contributed by atoms with van der Waals surface area (Å²) in [6, 6.07) is 3.57. The third-order valence-corrected chi connectivity index (χ3v) is 2.66. The van der Waals surface area contributed by atoms with Gasteiger partial charge in [-0.3, -0.25) is 9.78 Å². The summed E-state index contributed by atoms with van der Waals surface area (Å²) in [4.78, 5) is 18.8. The molecular formula is C12H12ClN3O. The quantitative estimate of drug-likeness (QED) is 0.877. The molecule has 0 atom stereocenters. The van der Waals surface area contributed by atoms with Gasteiger partial charge in [-0.2, -0.15) is 0 Å². The molecule has 0 aliphatic carbocycles. The van der Waals surface area contributed by atoms with E-state index in [1.165, 1.54) is 6.20 Å². The Balaban J connectivity index is 2.04. The van der Waals surface area contributed by atoms with Crippen molar-refractivity contribution in [3.8, 4) is 0 Å². The maximum Gasteiger partial charge on any atom is 0.254 e. The van der Waals surface area contributed by atoms with Gasteiger partial charge in [0.2, 0.25) is 0 Å². The van der Waals surface area contributed by atoms with Gasteiger partial charge < -0.3 is 10.3 Å². The molecule has 0 bridgehead atoms. The lowest BCUT2D eigenvalue weighted by Crippen LogP contribution is -2.23. The van der Waals surface area contributed by atoms with E-state index < -0.39 is 0 Å². The van der Waals surface area contributed by atoms with E-state index in [1.54, 1.807) is 6.07 Å². The highest BCUT2D eigenvalue weighted by atomic mass is 35.5. The van der Waals surface area contributed by atoms with Crippen LogP contribution in [0.1, 0.15) is 21.6 Å². The molecule has 2 heterocycles. The maximum atomic E-state index is 11.8. The summed E-state index contributed by atoms with van der Waals surface area (Å²) in [7, 11) is 0. The summed E-state index contributed by atoms with van der Waals surface area (Å²) in [5, 5.41) is 3.20. The second-order valence-electron chi connectivity index (χ2n) is 3.71. The molecule has 1 amide bonds. The van der Waals surface area contributed by atoms with Gasteiger partial charge in [-0.1, -0.05) is 11.6 Å². The molecule has 2 aromatic rings. The standard InChI is InChI=1S/C12H12ClN3O/c1-8-4-11(13)10(7-15-8)12(17)16-6-9-2-3-14-5-9/h2-5,7,14H,6H2,1H3,(H,16,17). The van der Waals surface area contributed by atoms with E-state index in [0.717, 1.165) is 11.3 Å². The van der Waals surface area contributed by atoms with Gasteiger partial charge in [-0.15, -0.1) is 0 Å². The number of H-pyrrole nitrogens is 1. The maximum absolute atomic E-state index is 11.8. The first-order valence-electron chi connectivity index (χ1n) is 5.19. The van der Waals surface area contributed by atoms with Crippen LogP contribution < -0.4 is 5.32 Å². The molecular weight excluding hydrogens is 238 g/mol. The number of pyridine rings is 1. The van der Waals surface area contributed by atoms with Gasteiger partial charge >= 0.3 is 0 Å². The van der Waals surface area contributed by atoms with E-state index in [-0.39, 0.29) is 5.91 Å². The zero-order chi connectivity index (χ0) is 12.3. The Kier molecular flexibility index (Phi) is 3.44. The summed E-state index contributed by atoms with van der Waals surface area (Å²) in [5.74, 6) is -0.219. The van der Waals surface area contributed by atoms with Crippen LogP contribution in [0.3, 0.4) is 0 Å². The van der Waals surface area contributed by atoms with Crippen molar-refractivity contribution >= 4 is 17.5 Å². The highest BCUT2D eigenvalue weighted by Crippen LogP contribution is 2.15. The summed E-state index contributed by atoms with van der Waals surface area (Å²) >= 11 is 5.98. The minimum absolute atomic E-state index is 0.219. The molecule has 5 heteroatoms. The molecule has 0 aromatic carbocycles. The summed E-state index contributed by atoms with van der Waals surface area (Å²) in [6.45, 7) is 2.29. The fourth-order valence-electron chi connectivity index (χ4n) is 1.44. The van der Waals surface area contributed by atoms with Gasteiger partial charge in [0.25, 0.3) is 5.91 Å². The average Bonchev–Trinajstić information content (AvgIpc) is 2.78. The predicted octanol–water partition coefficient (Wildman–Crippen LogP) is 2.30. The zero-order valence-corrected chi connectivity index (χ0v) is 10.1. The van der Waals surface area contributed by atoms with Crippen molar-refractivity contribution in [2.45, 2.75) is 13.5 Å². The first kappa shape index (κ1) is 11.7. The SMILES string of the molecule is Cc1cc(Cl)c(C(=O)NCc2cc[nH]c2)cn1. The van der Waals surface area contributed by atoms with Crippen molar-refractivity contribution in [3.63, 3.8) is 0 Å². The second kappa shape index (κ2) is 5.01. The molecule has 0 saturated carbocycles. The van der Waals surface area contributed by atoms with Crippen molar-refractivity contribution in [3.05, 3.63) is 52.6 Å². The second-order valence-corrected chi connectivity index (χ2v) is 4.11. The van der Waals surface area contributed by atoms with Crippen LogP contribution in [0.5, 0.6) is 0 Å². The number of aromatic amines is 1. The van der Waals surface area contributed by atoms with Crippen LogP contribution in [0.2, 0.25) is 5.02 Å². The van der Waals surface area contributed by atoms with E-state index in [9.17, 15) is 4.79 Å². The average molecular weight is 250 g/mol. The molecule has 17 heavy (non-hydrogen) atoms. The molecule has 2 rings (SSSR count). The normalized spacial score (nSPS) is 10.2. The largest absolute Gasteiger partial charge is 0.367 e. The minimum Gasteiger partial charge on any atom is -0.367 e. The van der Waals surface area contributed by atoms with E-state index in [2.05, 4.69) is 15.3 Å².